The van der Waals surface area contributed by atoms with Crippen molar-refractivity contribution in [3.63, 3.8) is 0 Å². The van der Waals surface area contributed by atoms with Crippen molar-refractivity contribution in [3.05, 3.63) is 82.3 Å². The van der Waals surface area contributed by atoms with Crippen LogP contribution in [0.15, 0.2) is 71.0 Å². The Kier molecular flexibility index (Phi) is 8.36. The van der Waals surface area contributed by atoms with Crippen molar-refractivity contribution in [2.75, 3.05) is 31.6 Å². The molecule has 2 unspecified atom stereocenters. The number of carbonyl (C=O) groups excluding carboxylic acids is 1. The number of sulfonamides is 1. The van der Waals surface area contributed by atoms with Crippen LogP contribution >= 0.6 is 0 Å². The summed E-state index contributed by atoms with van der Waals surface area (Å²) in [7, 11) is -2.23. The molecule has 0 saturated carbocycles. The Morgan fingerprint density at radius 3 is 2.41 bits per heavy atom. The Morgan fingerprint density at radius 2 is 1.83 bits per heavy atom. The van der Waals surface area contributed by atoms with E-state index in [4.69, 9.17) is 0 Å². The highest BCUT2D eigenvalue weighted by Crippen LogP contribution is 2.39. The van der Waals surface area contributed by atoms with Gasteiger partial charge in [-0.05, 0) is 75.2 Å². The third-order valence-corrected chi connectivity index (χ3v) is 10.5. The number of pyridine rings is 1. The molecule has 2 fully saturated rings. The topological polar surface area (TPSA) is 97.6 Å². The number of piperidine rings is 1. The maximum absolute atomic E-state index is 14.6. The maximum Gasteiger partial charge on any atom is 0.245 e. The summed E-state index contributed by atoms with van der Waals surface area (Å²) < 4.78 is 56.9. The summed E-state index contributed by atoms with van der Waals surface area (Å²) in [5.74, 6) is -2.60. The van der Waals surface area contributed by atoms with E-state index in [1.807, 2.05) is 18.3 Å². The van der Waals surface area contributed by atoms with Crippen LogP contribution in [-0.2, 0) is 21.4 Å². The second-order valence-electron chi connectivity index (χ2n) is 11.0. The molecule has 216 valence electrons. The van der Waals surface area contributed by atoms with Crippen molar-refractivity contribution in [1.82, 2.24) is 14.2 Å². The van der Waals surface area contributed by atoms with E-state index in [1.165, 1.54) is 23.5 Å². The van der Waals surface area contributed by atoms with E-state index < -0.39 is 50.4 Å². The van der Waals surface area contributed by atoms with Crippen LogP contribution in [0.1, 0.15) is 43.4 Å². The van der Waals surface area contributed by atoms with Gasteiger partial charge in [0.05, 0.1) is 22.7 Å². The molecule has 1 aliphatic carbocycles. The fourth-order valence-corrected chi connectivity index (χ4v) is 7.65. The minimum absolute atomic E-state index is 0.0555. The molecule has 3 atom stereocenters. The molecule has 5 rings (SSSR count). The quantitative estimate of drug-likeness (QED) is 0.480. The number of para-hydroxylation sites is 1. The summed E-state index contributed by atoms with van der Waals surface area (Å²) in [5, 5.41) is 9.20. The number of hydrogen-bond donors (Lipinski definition) is 0. The number of amides is 1. The Bertz CT molecular complexity index is 1500. The molecule has 0 bridgehead atoms. The highest BCUT2D eigenvalue weighted by Gasteiger charge is 2.48. The van der Waals surface area contributed by atoms with Gasteiger partial charge < -0.3 is 9.80 Å². The fraction of sp³-hybridized carbons (Fsp3) is 0.433. The first kappa shape index (κ1) is 29.0. The highest BCUT2D eigenvalue weighted by atomic mass is 32.2. The third kappa shape index (κ3) is 5.69. The SMILES string of the molecule is CC1C(S(=O)(=O)N2CC[C@@H]2C(=O)N(Cc2ccc(C3CCN(C)CC3)cn2)c2ccccc2)=CC(C#N)=C(F)C1F. The van der Waals surface area contributed by atoms with Gasteiger partial charge in [-0.15, -0.1) is 0 Å². The lowest BCUT2D eigenvalue weighted by Gasteiger charge is -2.42. The van der Waals surface area contributed by atoms with Gasteiger partial charge in [0.15, 0.2) is 12.0 Å². The number of carbonyl (C=O) groups is 1. The van der Waals surface area contributed by atoms with Gasteiger partial charge in [-0.3, -0.25) is 9.78 Å². The minimum atomic E-state index is -4.34. The van der Waals surface area contributed by atoms with Gasteiger partial charge >= 0.3 is 0 Å². The zero-order valence-corrected chi connectivity index (χ0v) is 23.9. The molecule has 0 spiro atoms. The molecule has 1 aromatic carbocycles. The van der Waals surface area contributed by atoms with Crippen LogP contribution in [0.5, 0.6) is 0 Å². The Hall–Kier alpha value is -3.46. The number of rotatable bonds is 7. The molecule has 8 nitrogen and oxygen atoms in total. The molecule has 1 aromatic heterocycles. The van der Waals surface area contributed by atoms with Crippen LogP contribution in [-0.4, -0.2) is 67.4 Å². The lowest BCUT2D eigenvalue weighted by Crippen LogP contribution is -2.59. The number of likely N-dealkylation sites (tertiary alicyclic amines) is 1. The van der Waals surface area contributed by atoms with Crippen molar-refractivity contribution in [2.24, 2.45) is 5.92 Å². The number of halogens is 2. The first-order valence-electron chi connectivity index (χ1n) is 13.8. The number of nitriles is 1. The highest BCUT2D eigenvalue weighted by molar-refractivity contribution is 7.93. The molecular formula is C30H33F2N5O3S. The van der Waals surface area contributed by atoms with Gasteiger partial charge in [-0.1, -0.05) is 31.2 Å². The monoisotopic (exact) mass is 581 g/mol. The van der Waals surface area contributed by atoms with Gasteiger partial charge in [-0.25, -0.2) is 17.2 Å². The number of hydrogen-bond acceptors (Lipinski definition) is 6. The van der Waals surface area contributed by atoms with Crippen molar-refractivity contribution in [1.29, 1.82) is 5.26 Å². The average molecular weight is 582 g/mol. The largest absolute Gasteiger partial charge is 0.306 e. The summed E-state index contributed by atoms with van der Waals surface area (Å²) in [6.45, 7) is 3.52. The predicted molar refractivity (Wildman–Crippen MR) is 151 cm³/mol. The van der Waals surface area contributed by atoms with Crippen LogP contribution in [0.4, 0.5) is 14.5 Å². The minimum Gasteiger partial charge on any atom is -0.306 e. The van der Waals surface area contributed by atoms with Gasteiger partial charge in [0.2, 0.25) is 15.9 Å². The molecule has 0 N–H and O–H groups in total. The van der Waals surface area contributed by atoms with Crippen molar-refractivity contribution in [2.45, 2.75) is 50.9 Å². The van der Waals surface area contributed by atoms with E-state index in [0.717, 1.165) is 36.3 Å². The smallest absolute Gasteiger partial charge is 0.245 e. The molecule has 3 heterocycles. The summed E-state index contributed by atoms with van der Waals surface area (Å²) in [4.78, 5) is 22.0. The number of nitrogens with zero attached hydrogens (tertiary/aromatic N) is 5. The molecule has 0 radical (unpaired) electrons. The summed E-state index contributed by atoms with van der Waals surface area (Å²) in [6.07, 6.45) is 2.90. The molecular weight excluding hydrogens is 548 g/mol. The van der Waals surface area contributed by atoms with Crippen molar-refractivity contribution < 1.29 is 22.0 Å². The maximum atomic E-state index is 14.6. The molecule has 2 aromatic rings. The van der Waals surface area contributed by atoms with Gasteiger partial charge in [0.1, 0.15) is 12.1 Å². The van der Waals surface area contributed by atoms with Gasteiger partial charge in [-0.2, -0.15) is 9.57 Å². The summed E-state index contributed by atoms with van der Waals surface area (Å²) >= 11 is 0. The number of allylic oxidation sites excluding steroid dienone is 4. The number of anilines is 1. The Morgan fingerprint density at radius 1 is 1.12 bits per heavy atom. The first-order chi connectivity index (χ1) is 19.6. The van der Waals surface area contributed by atoms with E-state index in [-0.39, 0.29) is 19.5 Å². The second kappa shape index (κ2) is 11.8. The van der Waals surface area contributed by atoms with Crippen LogP contribution in [0, 0.1) is 17.2 Å². The van der Waals surface area contributed by atoms with Crippen LogP contribution in [0.25, 0.3) is 0 Å². The summed E-state index contributed by atoms with van der Waals surface area (Å²) in [5.41, 5.74) is 1.77. The molecule has 3 aliphatic rings. The molecule has 2 saturated heterocycles. The lowest BCUT2D eigenvalue weighted by molar-refractivity contribution is -0.125. The zero-order valence-electron chi connectivity index (χ0n) is 23.1. The lowest BCUT2D eigenvalue weighted by atomic mass is 9.90. The van der Waals surface area contributed by atoms with Crippen molar-refractivity contribution >= 4 is 21.6 Å². The van der Waals surface area contributed by atoms with Gasteiger partial charge in [0.25, 0.3) is 0 Å². The normalized spacial score (nSPS) is 24.4. The Labute approximate surface area is 239 Å². The second-order valence-corrected chi connectivity index (χ2v) is 12.8. The standard InChI is InChI=1S/C30H33F2N5O3S/c1-20-27(16-23(17-33)29(32)28(20)31)41(39,40)37-15-12-26(37)30(38)36(25-6-4-3-5-7-25)19-24-9-8-22(18-34-24)21-10-13-35(2)14-11-21/h3-9,16,18,20-21,26,28H,10-15,19H2,1-2H3/t20?,26-,28?/m1/s1. The summed E-state index contributed by atoms with van der Waals surface area (Å²) in [6, 6.07) is 13.4. The van der Waals surface area contributed by atoms with Crippen LogP contribution in [0.2, 0.25) is 0 Å². The van der Waals surface area contributed by atoms with Crippen LogP contribution < -0.4 is 4.90 Å². The number of benzene rings is 1. The third-order valence-electron chi connectivity index (χ3n) is 8.35. The van der Waals surface area contributed by atoms with E-state index in [2.05, 4.69) is 23.0 Å². The molecule has 1 amide bonds. The average Bonchev–Trinajstić information content (AvgIpc) is 2.95. The van der Waals surface area contributed by atoms with E-state index in [9.17, 15) is 27.3 Å². The predicted octanol–water partition coefficient (Wildman–Crippen LogP) is 4.45. The van der Waals surface area contributed by atoms with Gasteiger partial charge in [0, 0.05) is 24.3 Å². The van der Waals surface area contributed by atoms with E-state index >= 15 is 0 Å². The molecule has 41 heavy (non-hydrogen) atoms. The molecule has 2 aliphatic heterocycles. The van der Waals surface area contributed by atoms with E-state index in [0.29, 0.717) is 17.3 Å². The number of aromatic nitrogens is 1. The Balaban J connectivity index is 1.38. The fourth-order valence-electron chi connectivity index (χ4n) is 5.64. The zero-order chi connectivity index (χ0) is 29.3. The van der Waals surface area contributed by atoms with Crippen molar-refractivity contribution in [3.8, 4) is 6.07 Å². The first-order valence-corrected chi connectivity index (χ1v) is 15.2. The van der Waals surface area contributed by atoms with Crippen LogP contribution in [0.3, 0.4) is 0 Å². The van der Waals surface area contributed by atoms with E-state index in [1.54, 1.807) is 24.3 Å². The molecule has 11 heteroatoms. The number of alkyl halides is 1.